The van der Waals surface area contributed by atoms with Crippen LogP contribution in [0.1, 0.15) is 26.5 Å². The van der Waals surface area contributed by atoms with E-state index in [0.29, 0.717) is 35.4 Å². The lowest BCUT2D eigenvalue weighted by atomic mass is 10.2. The number of imidazole rings is 1. The number of alkyl halides is 2. The summed E-state index contributed by atoms with van der Waals surface area (Å²) < 4.78 is 34.7. The van der Waals surface area contributed by atoms with Crippen LogP contribution < -0.4 is 15.6 Å². The molecule has 2 N–H and O–H groups in total. The molecule has 0 saturated carbocycles. The van der Waals surface area contributed by atoms with Gasteiger partial charge in [0.15, 0.2) is 11.6 Å². The van der Waals surface area contributed by atoms with Gasteiger partial charge in [-0.05, 0) is 30.4 Å². The zero-order valence-corrected chi connectivity index (χ0v) is 17.1. The largest absolute Gasteiger partial charge is 0.488 e. The first kappa shape index (κ1) is 20.2. The lowest BCUT2D eigenvalue weighted by molar-refractivity contribution is 0.0579. The first-order valence-corrected chi connectivity index (χ1v) is 9.78. The van der Waals surface area contributed by atoms with E-state index in [1.807, 2.05) is 27.0 Å². The van der Waals surface area contributed by atoms with Crippen LogP contribution in [-0.4, -0.2) is 32.8 Å². The Morgan fingerprint density at radius 1 is 1.39 bits per heavy atom. The highest BCUT2D eigenvalue weighted by Crippen LogP contribution is 2.36. The number of hydrogen-bond acceptors (Lipinski definition) is 6. The van der Waals surface area contributed by atoms with Crippen LogP contribution in [0.2, 0.25) is 0 Å². The fraction of sp³-hybridized carbons (Fsp3) is 0.368. The van der Waals surface area contributed by atoms with E-state index < -0.39 is 5.92 Å². The summed E-state index contributed by atoms with van der Waals surface area (Å²) in [6.07, 6.45) is 2.99. The maximum atomic E-state index is 13.6. The Labute approximate surface area is 167 Å². The summed E-state index contributed by atoms with van der Waals surface area (Å²) in [7, 11) is 1.81. The van der Waals surface area contributed by atoms with Gasteiger partial charge in [0.25, 0.3) is 5.92 Å². The summed E-state index contributed by atoms with van der Waals surface area (Å²) in [6.45, 7) is 9.02. The summed E-state index contributed by atoms with van der Waals surface area (Å²) in [5.74, 6) is -0.325. The smallest absolute Gasteiger partial charge is 0.286 e. The van der Waals surface area contributed by atoms with Crippen molar-refractivity contribution in [2.45, 2.75) is 31.6 Å². The molecular formula is C19H23F2N5OS. The van der Waals surface area contributed by atoms with Crippen LogP contribution in [-0.2, 0) is 7.05 Å². The molecule has 0 radical (unpaired) electrons. The lowest BCUT2D eigenvalue weighted by Crippen LogP contribution is -2.34. The molecule has 0 saturated heterocycles. The minimum Gasteiger partial charge on any atom is -0.488 e. The van der Waals surface area contributed by atoms with Crippen molar-refractivity contribution >= 4 is 23.7 Å². The Hall–Kier alpha value is -2.55. The maximum absolute atomic E-state index is 13.6. The minimum atomic E-state index is -2.99. The SMILES string of the molecule is C=C(C)COc1cnc(-c2nc3c(n2C)NNC(C(C)(F)F)=C3)c(SCC)c1. The van der Waals surface area contributed by atoms with Gasteiger partial charge in [0.2, 0.25) is 0 Å². The number of rotatable bonds is 7. The predicted molar refractivity (Wildman–Crippen MR) is 109 cm³/mol. The average Bonchev–Trinajstić information content (AvgIpc) is 2.96. The third kappa shape index (κ3) is 4.14. The molecule has 3 rings (SSSR count). The first-order chi connectivity index (χ1) is 13.2. The molecule has 6 nitrogen and oxygen atoms in total. The van der Waals surface area contributed by atoms with Crippen molar-refractivity contribution in [3.05, 3.63) is 35.8 Å². The van der Waals surface area contributed by atoms with Crippen LogP contribution in [0.4, 0.5) is 14.6 Å². The van der Waals surface area contributed by atoms with E-state index in [2.05, 4.69) is 27.4 Å². The Kier molecular flexibility index (Phi) is 5.64. The van der Waals surface area contributed by atoms with E-state index in [0.717, 1.165) is 23.1 Å². The van der Waals surface area contributed by atoms with E-state index in [9.17, 15) is 8.78 Å². The van der Waals surface area contributed by atoms with Crippen molar-refractivity contribution in [3.63, 3.8) is 0 Å². The molecule has 0 atom stereocenters. The molecule has 28 heavy (non-hydrogen) atoms. The van der Waals surface area contributed by atoms with Crippen LogP contribution in [0.3, 0.4) is 0 Å². The van der Waals surface area contributed by atoms with Crippen LogP contribution >= 0.6 is 11.8 Å². The number of hydrazine groups is 1. The number of thioether (sulfide) groups is 1. The Morgan fingerprint density at radius 3 is 2.79 bits per heavy atom. The van der Waals surface area contributed by atoms with Crippen molar-refractivity contribution in [1.29, 1.82) is 0 Å². The molecule has 0 amide bonds. The Morgan fingerprint density at radius 2 is 2.14 bits per heavy atom. The van der Waals surface area contributed by atoms with Gasteiger partial charge < -0.3 is 9.30 Å². The molecule has 0 aliphatic carbocycles. The van der Waals surface area contributed by atoms with Crippen LogP contribution in [0.15, 0.2) is 35.0 Å². The van der Waals surface area contributed by atoms with E-state index in [1.54, 1.807) is 22.5 Å². The molecule has 0 unspecified atom stereocenters. The summed E-state index contributed by atoms with van der Waals surface area (Å²) >= 11 is 1.61. The molecular weight excluding hydrogens is 384 g/mol. The highest BCUT2D eigenvalue weighted by atomic mass is 32.2. The molecule has 2 aromatic heterocycles. The monoisotopic (exact) mass is 407 g/mol. The van der Waals surface area contributed by atoms with Gasteiger partial charge in [-0.1, -0.05) is 13.5 Å². The first-order valence-electron chi connectivity index (χ1n) is 8.79. The standard InChI is InChI=1S/C19H23F2N5OS/c1-6-28-14-7-12(27-10-11(2)3)9-22-16(14)18-23-13-8-15(19(4,20)21)24-25-17(13)26(18)5/h7-9,24-25H,2,6,10H2,1,3-5H3. The Balaban J connectivity index is 2.01. The van der Waals surface area contributed by atoms with Gasteiger partial charge in [-0.2, -0.15) is 8.78 Å². The van der Waals surface area contributed by atoms with Gasteiger partial charge in [0.05, 0.1) is 6.20 Å². The fourth-order valence-electron chi connectivity index (χ4n) is 2.66. The quantitative estimate of drug-likeness (QED) is 0.521. The van der Waals surface area contributed by atoms with Crippen molar-refractivity contribution in [1.82, 2.24) is 20.0 Å². The third-order valence-corrected chi connectivity index (χ3v) is 4.93. The minimum absolute atomic E-state index is 0.232. The summed E-state index contributed by atoms with van der Waals surface area (Å²) in [6, 6.07) is 1.92. The van der Waals surface area contributed by atoms with Crippen molar-refractivity contribution < 1.29 is 13.5 Å². The van der Waals surface area contributed by atoms with Gasteiger partial charge in [-0.25, -0.2) is 9.97 Å². The van der Waals surface area contributed by atoms with Gasteiger partial charge in [0.1, 0.15) is 29.4 Å². The van der Waals surface area contributed by atoms with Crippen LogP contribution in [0, 0.1) is 0 Å². The highest BCUT2D eigenvalue weighted by Gasteiger charge is 2.32. The number of ether oxygens (including phenoxy) is 1. The van der Waals surface area contributed by atoms with E-state index >= 15 is 0 Å². The van der Waals surface area contributed by atoms with E-state index in [1.165, 1.54) is 6.08 Å². The fourth-order valence-corrected chi connectivity index (χ4v) is 3.45. The summed E-state index contributed by atoms with van der Waals surface area (Å²) in [4.78, 5) is 10.0. The predicted octanol–water partition coefficient (Wildman–Crippen LogP) is 4.48. The molecule has 150 valence electrons. The molecule has 0 bridgehead atoms. The Bertz CT molecular complexity index is 933. The van der Waals surface area contributed by atoms with Gasteiger partial charge in [-0.15, -0.1) is 11.8 Å². The summed E-state index contributed by atoms with van der Waals surface area (Å²) in [5, 5.41) is 0. The van der Waals surface area contributed by atoms with Crippen molar-refractivity contribution in [2.24, 2.45) is 7.05 Å². The zero-order valence-electron chi connectivity index (χ0n) is 16.3. The molecule has 0 aromatic carbocycles. The highest BCUT2D eigenvalue weighted by molar-refractivity contribution is 7.99. The second-order valence-electron chi connectivity index (χ2n) is 6.62. The number of anilines is 1. The maximum Gasteiger partial charge on any atom is 0.286 e. The number of aromatic nitrogens is 3. The second-order valence-corrected chi connectivity index (χ2v) is 7.93. The van der Waals surface area contributed by atoms with Crippen molar-refractivity contribution in [2.75, 3.05) is 17.8 Å². The zero-order chi connectivity index (χ0) is 20.5. The van der Waals surface area contributed by atoms with Crippen LogP contribution in [0.5, 0.6) is 5.75 Å². The molecule has 2 aromatic rings. The van der Waals surface area contributed by atoms with Crippen molar-refractivity contribution in [3.8, 4) is 17.3 Å². The van der Waals surface area contributed by atoms with E-state index in [-0.39, 0.29) is 5.70 Å². The molecule has 3 heterocycles. The number of nitrogens with one attached hydrogen (secondary N) is 2. The van der Waals surface area contributed by atoms with Gasteiger partial charge >= 0.3 is 0 Å². The lowest BCUT2D eigenvalue weighted by Gasteiger charge is -2.22. The number of fused-ring (bicyclic) bond motifs is 1. The van der Waals surface area contributed by atoms with E-state index in [4.69, 9.17) is 4.74 Å². The number of halogens is 2. The summed E-state index contributed by atoms with van der Waals surface area (Å²) in [5.41, 5.74) is 7.14. The molecule has 1 aliphatic rings. The topological polar surface area (TPSA) is 64.0 Å². The average molecular weight is 407 g/mol. The molecule has 9 heteroatoms. The molecule has 0 fully saturated rings. The number of hydrogen-bond donors (Lipinski definition) is 2. The number of nitrogens with zero attached hydrogens (tertiary/aromatic N) is 3. The number of pyridine rings is 1. The number of allylic oxidation sites excluding steroid dienone is 1. The normalized spacial score (nSPS) is 13.3. The van der Waals surface area contributed by atoms with Gasteiger partial charge in [0, 0.05) is 18.9 Å². The molecule has 0 spiro atoms. The van der Waals surface area contributed by atoms with Crippen LogP contribution in [0.25, 0.3) is 17.6 Å². The third-order valence-electron chi connectivity index (χ3n) is 4.02. The second kappa shape index (κ2) is 7.83. The molecule has 1 aliphatic heterocycles. The van der Waals surface area contributed by atoms with Gasteiger partial charge in [-0.3, -0.25) is 10.9 Å².